The summed E-state index contributed by atoms with van der Waals surface area (Å²) in [5, 5.41) is 8.35. The first-order valence-electron chi connectivity index (χ1n) is 4.43. The van der Waals surface area contributed by atoms with Crippen LogP contribution >= 0.6 is 11.8 Å². The summed E-state index contributed by atoms with van der Waals surface area (Å²) < 4.78 is 24.8. The fourth-order valence-electron chi connectivity index (χ4n) is 0.650. The zero-order chi connectivity index (χ0) is 12.1. The zero-order valence-electron chi connectivity index (χ0n) is 9.11. The van der Waals surface area contributed by atoms with E-state index in [4.69, 9.17) is 5.11 Å². The van der Waals surface area contributed by atoms with Crippen molar-refractivity contribution in [1.29, 1.82) is 0 Å². The number of carboxylic acids is 1. The second-order valence-electron chi connectivity index (χ2n) is 3.75. The van der Waals surface area contributed by atoms with Gasteiger partial charge in [-0.2, -0.15) is 11.8 Å². The highest BCUT2D eigenvalue weighted by atomic mass is 32.2. The normalized spacial score (nSPS) is 12.7. The van der Waals surface area contributed by atoms with Gasteiger partial charge in [0.25, 0.3) is 0 Å². The van der Waals surface area contributed by atoms with E-state index in [1.807, 2.05) is 20.1 Å². The lowest BCUT2D eigenvalue weighted by molar-refractivity contribution is -0.136. The topological polar surface area (TPSA) is 83.5 Å². The molecule has 0 aliphatic heterocycles. The Balaban J connectivity index is 4.11. The van der Waals surface area contributed by atoms with Gasteiger partial charge in [0.15, 0.2) is 0 Å². The van der Waals surface area contributed by atoms with Crippen LogP contribution in [0.15, 0.2) is 0 Å². The van der Waals surface area contributed by atoms with Gasteiger partial charge in [-0.1, -0.05) is 0 Å². The van der Waals surface area contributed by atoms with Crippen LogP contribution in [0.1, 0.15) is 20.3 Å². The number of aliphatic carboxylic acids is 1. The molecule has 0 rings (SSSR count). The Bertz CT molecular complexity index is 311. The predicted molar refractivity (Wildman–Crippen MR) is 61.6 cm³/mol. The third-order valence-electron chi connectivity index (χ3n) is 1.86. The van der Waals surface area contributed by atoms with Crippen LogP contribution in [0.2, 0.25) is 0 Å². The van der Waals surface area contributed by atoms with Crippen LogP contribution in [-0.2, 0) is 14.8 Å². The van der Waals surface area contributed by atoms with E-state index in [1.165, 1.54) is 0 Å². The summed E-state index contributed by atoms with van der Waals surface area (Å²) in [7, 11) is -3.46. The van der Waals surface area contributed by atoms with E-state index in [0.717, 1.165) is 0 Å². The molecule has 0 aliphatic rings. The highest BCUT2D eigenvalue weighted by Gasteiger charge is 2.20. The molecule has 2 N–H and O–H groups in total. The highest BCUT2D eigenvalue weighted by Crippen LogP contribution is 2.19. The number of carboxylic acid groups (broad SMARTS) is 1. The van der Waals surface area contributed by atoms with Crippen molar-refractivity contribution in [3.8, 4) is 0 Å². The predicted octanol–water partition coefficient (Wildman–Crippen LogP) is 0.522. The Morgan fingerprint density at radius 3 is 2.40 bits per heavy atom. The Hall–Kier alpha value is -0.270. The third-order valence-corrected chi connectivity index (χ3v) is 4.43. The zero-order valence-corrected chi connectivity index (χ0v) is 10.7. The lowest BCUT2D eigenvalue weighted by Crippen LogP contribution is -2.37. The average Bonchev–Trinajstić information content (AvgIpc) is 2.13. The molecule has 0 aromatic carbocycles. The lowest BCUT2D eigenvalue weighted by Gasteiger charge is -2.21. The number of nitrogens with one attached hydrogen (secondary N) is 1. The number of rotatable bonds is 7. The summed E-state index contributed by atoms with van der Waals surface area (Å²) in [6, 6.07) is 0. The van der Waals surface area contributed by atoms with E-state index in [9.17, 15) is 13.2 Å². The smallest absolute Gasteiger partial charge is 0.304 e. The maximum atomic E-state index is 11.3. The van der Waals surface area contributed by atoms with Gasteiger partial charge in [0.05, 0.1) is 12.2 Å². The molecule has 5 nitrogen and oxygen atoms in total. The van der Waals surface area contributed by atoms with Gasteiger partial charge in [-0.05, 0) is 20.1 Å². The van der Waals surface area contributed by atoms with Crippen molar-refractivity contribution in [3.63, 3.8) is 0 Å². The van der Waals surface area contributed by atoms with E-state index in [1.54, 1.807) is 11.8 Å². The first kappa shape index (κ1) is 14.7. The minimum Gasteiger partial charge on any atom is -0.481 e. The average molecular weight is 255 g/mol. The minimum atomic E-state index is -3.46. The standard InChI is InChI=1S/C8H17NO4S2/c1-8(2,14-3)6-9-15(12,13)5-4-7(10)11/h9H,4-6H2,1-3H3,(H,10,11). The Labute approximate surface area is 94.7 Å². The van der Waals surface area contributed by atoms with E-state index >= 15 is 0 Å². The van der Waals surface area contributed by atoms with Crippen LogP contribution in [0.4, 0.5) is 0 Å². The van der Waals surface area contributed by atoms with E-state index in [0.29, 0.717) is 6.54 Å². The molecule has 0 aromatic rings. The van der Waals surface area contributed by atoms with Crippen LogP contribution in [0.5, 0.6) is 0 Å². The summed E-state index contributed by atoms with van der Waals surface area (Å²) >= 11 is 1.55. The second kappa shape index (κ2) is 5.72. The van der Waals surface area contributed by atoms with Gasteiger partial charge in [0.1, 0.15) is 0 Å². The molecule has 0 radical (unpaired) electrons. The minimum absolute atomic E-state index is 0.184. The number of carbonyl (C=O) groups is 1. The fourth-order valence-corrected chi connectivity index (χ4v) is 2.13. The summed E-state index contributed by atoms with van der Waals surface area (Å²) in [4.78, 5) is 10.2. The van der Waals surface area contributed by atoms with Gasteiger partial charge in [0.2, 0.25) is 10.0 Å². The first-order chi connectivity index (χ1) is 6.68. The molecule has 0 heterocycles. The third kappa shape index (κ3) is 7.64. The quantitative estimate of drug-likeness (QED) is 0.693. The van der Waals surface area contributed by atoms with Crippen molar-refractivity contribution in [2.45, 2.75) is 25.0 Å². The van der Waals surface area contributed by atoms with Crippen molar-refractivity contribution in [2.24, 2.45) is 0 Å². The van der Waals surface area contributed by atoms with Crippen LogP contribution in [-0.4, -0.2) is 42.8 Å². The molecule has 0 saturated carbocycles. The van der Waals surface area contributed by atoms with Crippen molar-refractivity contribution >= 4 is 27.8 Å². The summed E-state index contributed by atoms with van der Waals surface area (Å²) in [6.07, 6.45) is 1.53. The van der Waals surface area contributed by atoms with Crippen LogP contribution < -0.4 is 4.72 Å². The van der Waals surface area contributed by atoms with Crippen molar-refractivity contribution in [2.75, 3.05) is 18.6 Å². The van der Waals surface area contributed by atoms with Gasteiger partial charge < -0.3 is 5.11 Å². The number of sulfonamides is 1. The van der Waals surface area contributed by atoms with Crippen LogP contribution in [0.3, 0.4) is 0 Å². The largest absolute Gasteiger partial charge is 0.481 e. The van der Waals surface area contributed by atoms with Crippen molar-refractivity contribution in [3.05, 3.63) is 0 Å². The van der Waals surface area contributed by atoms with Gasteiger partial charge in [-0.15, -0.1) is 0 Å². The SMILES string of the molecule is CSC(C)(C)CNS(=O)(=O)CCC(=O)O. The summed E-state index contributed by atoms with van der Waals surface area (Å²) in [5.74, 6) is -1.48. The van der Waals surface area contributed by atoms with Gasteiger partial charge in [0, 0.05) is 11.3 Å². The molecule has 0 aromatic heterocycles. The molecule has 0 unspecified atom stereocenters. The van der Waals surface area contributed by atoms with Crippen LogP contribution in [0, 0.1) is 0 Å². The van der Waals surface area contributed by atoms with Gasteiger partial charge >= 0.3 is 5.97 Å². The Morgan fingerprint density at radius 2 is 2.00 bits per heavy atom. The molecule has 0 atom stereocenters. The van der Waals surface area contributed by atoms with E-state index < -0.39 is 16.0 Å². The molecule has 0 saturated heterocycles. The number of hydrogen-bond acceptors (Lipinski definition) is 4. The summed E-state index contributed by atoms with van der Waals surface area (Å²) in [5.41, 5.74) is 0. The Kier molecular flexibility index (Phi) is 5.61. The van der Waals surface area contributed by atoms with Gasteiger partial charge in [-0.25, -0.2) is 13.1 Å². The molecule has 0 spiro atoms. The van der Waals surface area contributed by atoms with Crippen molar-refractivity contribution < 1.29 is 18.3 Å². The molecule has 15 heavy (non-hydrogen) atoms. The van der Waals surface area contributed by atoms with Crippen LogP contribution in [0.25, 0.3) is 0 Å². The molecular formula is C8H17NO4S2. The van der Waals surface area contributed by atoms with Gasteiger partial charge in [-0.3, -0.25) is 4.79 Å². The molecule has 0 fully saturated rings. The molecule has 0 amide bonds. The molecular weight excluding hydrogens is 238 g/mol. The molecule has 0 aliphatic carbocycles. The Morgan fingerprint density at radius 1 is 1.47 bits per heavy atom. The maximum Gasteiger partial charge on any atom is 0.304 e. The molecule has 90 valence electrons. The monoisotopic (exact) mass is 255 g/mol. The van der Waals surface area contributed by atoms with E-state index in [2.05, 4.69) is 4.72 Å². The lowest BCUT2D eigenvalue weighted by atomic mass is 10.2. The fraction of sp³-hybridized carbons (Fsp3) is 0.875. The number of hydrogen-bond donors (Lipinski definition) is 2. The number of thioether (sulfide) groups is 1. The maximum absolute atomic E-state index is 11.3. The summed E-state index contributed by atoms with van der Waals surface area (Å²) in [6.45, 7) is 4.13. The molecule has 7 heteroatoms. The highest BCUT2D eigenvalue weighted by molar-refractivity contribution is 8.00. The second-order valence-corrected chi connectivity index (χ2v) is 7.19. The molecule has 0 bridgehead atoms. The van der Waals surface area contributed by atoms with E-state index in [-0.39, 0.29) is 16.9 Å². The first-order valence-corrected chi connectivity index (χ1v) is 7.30. The van der Waals surface area contributed by atoms with Crippen molar-refractivity contribution in [1.82, 2.24) is 4.72 Å².